The molecule has 1 saturated heterocycles. The normalized spacial score (nSPS) is 19.5. The van der Waals surface area contributed by atoms with Gasteiger partial charge in [0.25, 0.3) is 0 Å². The fourth-order valence-electron chi connectivity index (χ4n) is 2.39. The van der Waals surface area contributed by atoms with Crippen molar-refractivity contribution in [3.63, 3.8) is 0 Å². The number of likely N-dealkylation sites (tertiary alicyclic amines) is 1. The van der Waals surface area contributed by atoms with Crippen LogP contribution in [0.5, 0.6) is 0 Å². The van der Waals surface area contributed by atoms with Crippen LogP contribution in [0, 0.1) is 0 Å². The maximum absolute atomic E-state index is 12.5. The molecular weight excluding hydrogens is 356 g/mol. The second-order valence-electron chi connectivity index (χ2n) is 5.28. The van der Waals surface area contributed by atoms with Crippen molar-refractivity contribution in [2.45, 2.75) is 31.0 Å². The van der Waals surface area contributed by atoms with E-state index >= 15 is 0 Å². The van der Waals surface area contributed by atoms with Crippen LogP contribution in [0.4, 0.5) is 0 Å². The smallest absolute Gasteiger partial charge is 0.326 e. The van der Waals surface area contributed by atoms with Crippen LogP contribution in [0.2, 0.25) is 0 Å². The maximum Gasteiger partial charge on any atom is 0.326 e. The topological polar surface area (TPSA) is 142 Å². The Labute approximate surface area is 150 Å². The van der Waals surface area contributed by atoms with Crippen LogP contribution < -0.4 is 16.4 Å². The summed E-state index contributed by atoms with van der Waals surface area (Å²) < 4.78 is 0. The van der Waals surface area contributed by atoms with E-state index in [1.54, 1.807) is 0 Å². The predicted molar refractivity (Wildman–Crippen MR) is 93.0 cm³/mol. The molecule has 1 aliphatic heterocycles. The van der Waals surface area contributed by atoms with Gasteiger partial charge >= 0.3 is 5.97 Å². The Morgan fingerprint density at radius 3 is 2.29 bits per heavy atom. The van der Waals surface area contributed by atoms with Crippen molar-refractivity contribution in [2.75, 3.05) is 24.6 Å². The molecule has 3 unspecified atom stereocenters. The Morgan fingerprint density at radius 2 is 1.79 bits per heavy atom. The number of amides is 3. The Bertz CT molecular complexity index is 505. The minimum atomic E-state index is -1.08. The van der Waals surface area contributed by atoms with E-state index in [-0.39, 0.29) is 18.1 Å². The summed E-state index contributed by atoms with van der Waals surface area (Å²) in [6, 6.07) is -2.83. The molecule has 3 atom stereocenters. The molecule has 5 N–H and O–H groups in total. The lowest BCUT2D eigenvalue weighted by Crippen LogP contribution is -2.57. The summed E-state index contributed by atoms with van der Waals surface area (Å²) in [5.74, 6) is -2.70. The van der Waals surface area contributed by atoms with Gasteiger partial charge in [0, 0.05) is 18.1 Å². The van der Waals surface area contributed by atoms with Gasteiger partial charge in [-0.1, -0.05) is 0 Å². The van der Waals surface area contributed by atoms with E-state index in [4.69, 9.17) is 10.8 Å². The molecule has 0 bridgehead atoms. The molecule has 136 valence electrons. The average Bonchev–Trinajstić information content (AvgIpc) is 3.06. The van der Waals surface area contributed by atoms with E-state index < -0.39 is 41.8 Å². The summed E-state index contributed by atoms with van der Waals surface area (Å²) in [6.07, 6.45) is 0.960. The van der Waals surface area contributed by atoms with Crippen LogP contribution in [0.25, 0.3) is 0 Å². The molecule has 0 aromatic heterocycles. The molecule has 1 fully saturated rings. The largest absolute Gasteiger partial charge is 0.480 e. The van der Waals surface area contributed by atoms with Gasteiger partial charge in [-0.15, -0.1) is 0 Å². The lowest BCUT2D eigenvalue weighted by Gasteiger charge is -2.27. The first kappa shape index (κ1) is 20.6. The van der Waals surface area contributed by atoms with Gasteiger partial charge in [0.2, 0.25) is 17.7 Å². The van der Waals surface area contributed by atoms with E-state index in [0.717, 1.165) is 0 Å². The Morgan fingerprint density at radius 1 is 1.17 bits per heavy atom. The third-order valence-electron chi connectivity index (χ3n) is 3.64. The summed E-state index contributed by atoms with van der Waals surface area (Å²) in [6.45, 7) is 0.0381. The molecule has 9 nitrogen and oxygen atoms in total. The minimum Gasteiger partial charge on any atom is -0.480 e. The van der Waals surface area contributed by atoms with Gasteiger partial charge in [-0.2, -0.15) is 25.3 Å². The summed E-state index contributed by atoms with van der Waals surface area (Å²) in [7, 11) is 0. The van der Waals surface area contributed by atoms with Crippen LogP contribution in [0.3, 0.4) is 0 Å². The van der Waals surface area contributed by atoms with Crippen molar-refractivity contribution in [1.29, 1.82) is 0 Å². The summed E-state index contributed by atoms with van der Waals surface area (Å²) in [5.41, 5.74) is 5.18. The third-order valence-corrected chi connectivity index (χ3v) is 4.37. The maximum atomic E-state index is 12.5. The Hall–Kier alpha value is -1.46. The zero-order valence-electron chi connectivity index (χ0n) is 13.0. The SMILES string of the molecule is NCC(=O)NC(CS)C(=O)NC(CS)C(=O)N1CCCC1C(=O)O. The molecule has 11 heteroatoms. The molecule has 24 heavy (non-hydrogen) atoms. The second kappa shape index (κ2) is 9.74. The van der Waals surface area contributed by atoms with Crippen LogP contribution >= 0.6 is 25.3 Å². The highest BCUT2D eigenvalue weighted by Crippen LogP contribution is 2.18. The highest BCUT2D eigenvalue weighted by molar-refractivity contribution is 7.80. The fourth-order valence-corrected chi connectivity index (χ4v) is 2.90. The summed E-state index contributed by atoms with van der Waals surface area (Å²) in [4.78, 5) is 48.4. The zero-order chi connectivity index (χ0) is 18.3. The van der Waals surface area contributed by atoms with E-state index in [9.17, 15) is 19.2 Å². The van der Waals surface area contributed by atoms with Crippen molar-refractivity contribution in [3.8, 4) is 0 Å². The van der Waals surface area contributed by atoms with Crippen molar-refractivity contribution in [1.82, 2.24) is 15.5 Å². The second-order valence-corrected chi connectivity index (χ2v) is 6.01. The molecule has 1 aliphatic rings. The first-order valence-corrected chi connectivity index (χ1v) is 8.67. The number of nitrogens with one attached hydrogen (secondary N) is 2. The van der Waals surface area contributed by atoms with Gasteiger partial charge in [0.15, 0.2) is 0 Å². The van der Waals surface area contributed by atoms with Gasteiger partial charge in [0.1, 0.15) is 18.1 Å². The number of rotatable bonds is 8. The number of carboxylic acid groups (broad SMARTS) is 1. The summed E-state index contributed by atoms with van der Waals surface area (Å²) >= 11 is 8.05. The standard InChI is InChI=1S/C13H22N4O5S2/c14-4-10(18)15-7(5-23)11(19)16-8(6-24)12(20)17-3-1-2-9(17)13(21)22/h7-9,23-24H,1-6,14H2,(H,15,18)(H,16,19)(H,21,22). The molecule has 0 aromatic carbocycles. The van der Waals surface area contributed by atoms with Gasteiger partial charge < -0.3 is 26.4 Å². The third kappa shape index (κ3) is 5.28. The number of nitrogens with two attached hydrogens (primary N) is 1. The molecule has 0 saturated carbocycles. The molecular formula is C13H22N4O5S2. The van der Waals surface area contributed by atoms with Crippen LogP contribution in [-0.2, 0) is 19.2 Å². The lowest BCUT2D eigenvalue weighted by atomic mass is 10.2. The highest BCUT2D eigenvalue weighted by Gasteiger charge is 2.37. The van der Waals surface area contributed by atoms with Crippen LogP contribution in [-0.4, -0.2) is 76.4 Å². The van der Waals surface area contributed by atoms with Gasteiger partial charge in [0.05, 0.1) is 6.54 Å². The highest BCUT2D eigenvalue weighted by atomic mass is 32.1. The first-order valence-electron chi connectivity index (χ1n) is 7.40. The van der Waals surface area contributed by atoms with E-state index in [1.165, 1.54) is 4.90 Å². The molecule has 0 spiro atoms. The van der Waals surface area contributed by atoms with Gasteiger partial charge in [-0.25, -0.2) is 4.79 Å². The zero-order valence-corrected chi connectivity index (χ0v) is 14.8. The summed E-state index contributed by atoms with van der Waals surface area (Å²) in [5, 5.41) is 14.0. The number of aliphatic carboxylic acids is 1. The van der Waals surface area contributed by atoms with E-state index in [2.05, 4.69) is 35.9 Å². The number of nitrogens with zero attached hydrogens (tertiary/aromatic N) is 1. The Balaban J connectivity index is 2.74. The molecule has 1 heterocycles. The average molecular weight is 378 g/mol. The number of hydrogen-bond donors (Lipinski definition) is 6. The molecule has 0 radical (unpaired) electrons. The molecule has 3 amide bonds. The number of thiol groups is 2. The number of hydrogen-bond acceptors (Lipinski definition) is 7. The lowest BCUT2D eigenvalue weighted by molar-refractivity contribution is -0.149. The van der Waals surface area contributed by atoms with Crippen molar-refractivity contribution in [2.24, 2.45) is 5.73 Å². The number of carboxylic acids is 1. The van der Waals surface area contributed by atoms with E-state index in [1.807, 2.05) is 0 Å². The monoisotopic (exact) mass is 378 g/mol. The van der Waals surface area contributed by atoms with E-state index in [0.29, 0.717) is 19.4 Å². The minimum absolute atomic E-state index is 0.00244. The molecule has 1 rings (SSSR count). The molecule has 0 aromatic rings. The van der Waals surface area contributed by atoms with Gasteiger partial charge in [-0.3, -0.25) is 14.4 Å². The fraction of sp³-hybridized carbons (Fsp3) is 0.692. The van der Waals surface area contributed by atoms with Crippen molar-refractivity contribution in [3.05, 3.63) is 0 Å². The number of carbonyl (C=O) groups excluding carboxylic acids is 3. The molecule has 0 aliphatic carbocycles. The van der Waals surface area contributed by atoms with Crippen LogP contribution in [0.15, 0.2) is 0 Å². The quantitative estimate of drug-likeness (QED) is 0.266. The van der Waals surface area contributed by atoms with Crippen LogP contribution in [0.1, 0.15) is 12.8 Å². The predicted octanol–water partition coefficient (Wildman–Crippen LogP) is -2.15. The van der Waals surface area contributed by atoms with Crippen molar-refractivity contribution >= 4 is 48.9 Å². The Kier molecular flexibility index (Phi) is 8.36. The number of carbonyl (C=O) groups is 4. The van der Waals surface area contributed by atoms with Crippen molar-refractivity contribution < 1.29 is 24.3 Å². The van der Waals surface area contributed by atoms with Gasteiger partial charge in [-0.05, 0) is 12.8 Å². The first-order chi connectivity index (χ1) is 11.3.